The Morgan fingerprint density at radius 2 is 1.81 bits per heavy atom. The van der Waals surface area contributed by atoms with E-state index in [1.165, 1.54) is 0 Å². The number of hydrogen-bond donors (Lipinski definition) is 1. The summed E-state index contributed by atoms with van der Waals surface area (Å²) in [6, 6.07) is 8.78. The van der Waals surface area contributed by atoms with Crippen molar-refractivity contribution in [2.45, 2.75) is 49.9 Å². The van der Waals surface area contributed by atoms with Crippen molar-refractivity contribution in [3.63, 3.8) is 0 Å². The summed E-state index contributed by atoms with van der Waals surface area (Å²) in [5, 5.41) is 3.03. The first kappa shape index (κ1) is 24.1. The van der Waals surface area contributed by atoms with Crippen LogP contribution in [0, 0.1) is 5.92 Å². The van der Waals surface area contributed by atoms with Gasteiger partial charge in [-0.2, -0.15) is 13.2 Å². The zero-order valence-corrected chi connectivity index (χ0v) is 20.4. The first-order valence-corrected chi connectivity index (χ1v) is 12.9. The van der Waals surface area contributed by atoms with Gasteiger partial charge in [0.05, 0.1) is 5.92 Å². The fourth-order valence-electron chi connectivity index (χ4n) is 6.78. The minimum absolute atomic E-state index is 0.00239. The Bertz CT molecular complexity index is 1220. The van der Waals surface area contributed by atoms with Crippen molar-refractivity contribution in [3.05, 3.63) is 47.8 Å². The van der Waals surface area contributed by atoms with Crippen LogP contribution in [0.2, 0.25) is 0 Å². The van der Waals surface area contributed by atoms with Crippen LogP contribution in [0.1, 0.15) is 43.4 Å². The number of carbonyl (C=O) groups is 2. The van der Waals surface area contributed by atoms with E-state index in [0.29, 0.717) is 45.4 Å². The number of amides is 2. The van der Waals surface area contributed by atoms with Crippen molar-refractivity contribution in [2.75, 3.05) is 42.5 Å². The van der Waals surface area contributed by atoms with Gasteiger partial charge in [-0.1, -0.05) is 18.2 Å². The van der Waals surface area contributed by atoms with E-state index in [1.54, 1.807) is 9.80 Å². The number of alkyl halides is 3. The van der Waals surface area contributed by atoms with E-state index in [0.717, 1.165) is 42.9 Å². The molecule has 4 aliphatic rings. The number of carbonyl (C=O) groups excluding carboxylic acids is 2. The third-order valence-electron chi connectivity index (χ3n) is 8.27. The summed E-state index contributed by atoms with van der Waals surface area (Å²) in [7, 11) is 0. The van der Waals surface area contributed by atoms with Crippen LogP contribution in [0.3, 0.4) is 0 Å². The van der Waals surface area contributed by atoms with Gasteiger partial charge in [-0.3, -0.25) is 14.5 Å². The summed E-state index contributed by atoms with van der Waals surface area (Å²) in [6.45, 7) is 2.29. The maximum atomic E-state index is 14.3. The monoisotopic (exact) mass is 514 g/mol. The largest absolute Gasteiger partial charge is 0.433 e. The van der Waals surface area contributed by atoms with Crippen molar-refractivity contribution < 1.29 is 22.8 Å². The SMILES string of the molecule is O=C1NCCCN(c2nccc(C(F)(F)F)n2)CCCN2C(=O)[C@@]3(c4ccccc42)[C@@H]1C[C@@H]1CCCN13. The molecule has 0 radical (unpaired) electrons. The molecule has 1 spiro atoms. The van der Waals surface area contributed by atoms with Crippen molar-refractivity contribution in [3.8, 4) is 0 Å². The Hall–Kier alpha value is -3.21. The molecule has 4 aliphatic heterocycles. The highest BCUT2D eigenvalue weighted by Crippen LogP contribution is 2.57. The molecular weight excluding hydrogens is 485 g/mol. The lowest BCUT2D eigenvalue weighted by molar-refractivity contribution is -0.141. The second-order valence-electron chi connectivity index (χ2n) is 10.2. The molecule has 2 bridgehead atoms. The molecule has 5 heterocycles. The van der Waals surface area contributed by atoms with E-state index in [-0.39, 0.29) is 23.8 Å². The maximum Gasteiger partial charge on any atom is 0.433 e. The fourth-order valence-corrected chi connectivity index (χ4v) is 6.78. The van der Waals surface area contributed by atoms with Gasteiger partial charge in [0.1, 0.15) is 11.2 Å². The zero-order valence-electron chi connectivity index (χ0n) is 20.4. The van der Waals surface area contributed by atoms with E-state index in [9.17, 15) is 22.8 Å². The third kappa shape index (κ3) is 3.77. The lowest BCUT2D eigenvalue weighted by Crippen LogP contribution is -2.56. The molecule has 3 atom stereocenters. The first-order valence-electron chi connectivity index (χ1n) is 12.9. The molecule has 37 heavy (non-hydrogen) atoms. The number of rotatable bonds is 1. The van der Waals surface area contributed by atoms with Gasteiger partial charge in [0.2, 0.25) is 11.9 Å². The van der Waals surface area contributed by atoms with Gasteiger partial charge in [-0.05, 0) is 50.8 Å². The van der Waals surface area contributed by atoms with Crippen molar-refractivity contribution in [1.82, 2.24) is 20.2 Å². The number of nitrogens with one attached hydrogen (secondary N) is 1. The van der Waals surface area contributed by atoms with Crippen molar-refractivity contribution in [1.29, 1.82) is 0 Å². The number of benzene rings is 1. The van der Waals surface area contributed by atoms with Gasteiger partial charge in [-0.25, -0.2) is 9.97 Å². The summed E-state index contributed by atoms with van der Waals surface area (Å²) in [4.78, 5) is 41.5. The number of halogens is 3. The zero-order chi connectivity index (χ0) is 25.8. The predicted molar refractivity (Wildman–Crippen MR) is 130 cm³/mol. The number of anilines is 2. The van der Waals surface area contributed by atoms with Crippen molar-refractivity contribution in [2.24, 2.45) is 5.92 Å². The Kier molecular flexibility index (Phi) is 5.85. The number of para-hydroxylation sites is 1. The van der Waals surface area contributed by atoms with Gasteiger partial charge in [0, 0.05) is 49.7 Å². The Morgan fingerprint density at radius 3 is 2.65 bits per heavy atom. The minimum atomic E-state index is -4.57. The summed E-state index contributed by atoms with van der Waals surface area (Å²) in [6.07, 6.45) is 0.212. The first-order chi connectivity index (χ1) is 17.8. The maximum absolute atomic E-state index is 14.3. The molecule has 1 aromatic heterocycles. The highest BCUT2D eigenvalue weighted by molar-refractivity contribution is 6.10. The summed E-state index contributed by atoms with van der Waals surface area (Å²) >= 11 is 0. The van der Waals surface area contributed by atoms with Crippen molar-refractivity contribution >= 4 is 23.5 Å². The molecule has 3 saturated heterocycles. The third-order valence-corrected chi connectivity index (χ3v) is 8.27. The van der Waals surface area contributed by atoms with Gasteiger partial charge in [-0.15, -0.1) is 0 Å². The van der Waals surface area contributed by atoms with Crippen LogP contribution >= 0.6 is 0 Å². The summed E-state index contributed by atoms with van der Waals surface area (Å²) in [5.74, 6) is -0.697. The highest BCUT2D eigenvalue weighted by atomic mass is 19.4. The predicted octanol–water partition coefficient (Wildman–Crippen LogP) is 2.94. The average Bonchev–Trinajstić information content (AvgIpc) is 3.53. The molecule has 2 amide bonds. The van der Waals surface area contributed by atoms with Crippen LogP contribution in [0.4, 0.5) is 24.8 Å². The second-order valence-corrected chi connectivity index (χ2v) is 10.2. The van der Waals surface area contributed by atoms with E-state index in [1.807, 2.05) is 24.3 Å². The van der Waals surface area contributed by atoms with Gasteiger partial charge in [0.15, 0.2) is 0 Å². The lowest BCUT2D eigenvalue weighted by atomic mass is 9.78. The van der Waals surface area contributed by atoms with Crippen LogP contribution in [-0.4, -0.2) is 65.4 Å². The quantitative estimate of drug-likeness (QED) is 0.631. The smallest absolute Gasteiger partial charge is 0.356 e. The molecule has 3 fully saturated rings. The second kappa shape index (κ2) is 8.97. The van der Waals surface area contributed by atoms with Crippen LogP contribution < -0.4 is 15.1 Å². The molecule has 8 nitrogen and oxygen atoms in total. The van der Waals surface area contributed by atoms with Crippen LogP contribution in [0.15, 0.2) is 36.5 Å². The Labute approximate surface area is 212 Å². The molecule has 2 aromatic rings. The summed E-state index contributed by atoms with van der Waals surface area (Å²) in [5.41, 5.74) is -0.288. The summed E-state index contributed by atoms with van der Waals surface area (Å²) < 4.78 is 39.8. The number of fused-ring (bicyclic) bond motifs is 4. The molecule has 0 unspecified atom stereocenters. The van der Waals surface area contributed by atoms with Crippen LogP contribution in [0.25, 0.3) is 0 Å². The molecule has 0 saturated carbocycles. The molecule has 1 N–H and O–H groups in total. The molecule has 0 aliphatic carbocycles. The van der Waals surface area contributed by atoms with E-state index >= 15 is 0 Å². The molecule has 11 heteroatoms. The molecule has 1 aromatic carbocycles. The normalized spacial score (nSPS) is 28.6. The van der Waals surface area contributed by atoms with E-state index in [4.69, 9.17) is 0 Å². The van der Waals surface area contributed by atoms with Crippen LogP contribution in [-0.2, 0) is 21.3 Å². The number of aromatic nitrogens is 2. The number of hydrogen-bond acceptors (Lipinski definition) is 6. The van der Waals surface area contributed by atoms with Crippen LogP contribution in [0.5, 0.6) is 0 Å². The average molecular weight is 515 g/mol. The fraction of sp³-hybridized carbons (Fsp3) is 0.538. The van der Waals surface area contributed by atoms with Gasteiger partial charge < -0.3 is 15.1 Å². The van der Waals surface area contributed by atoms with E-state index in [2.05, 4.69) is 20.2 Å². The lowest BCUT2D eigenvalue weighted by Gasteiger charge is -2.37. The van der Waals surface area contributed by atoms with Gasteiger partial charge in [0.25, 0.3) is 5.91 Å². The molecule has 6 rings (SSSR count). The van der Waals surface area contributed by atoms with E-state index < -0.39 is 23.3 Å². The molecule has 196 valence electrons. The Morgan fingerprint density at radius 1 is 1.00 bits per heavy atom. The standard InChI is InChI=1S/C26H29F3N6O2/c27-26(28,29)21-9-11-31-24(32-21)33-12-4-10-30-22(36)19-16-17-6-3-15-35(17)25(19)18-7-1-2-8-20(18)34(23(25)37)14-5-13-33/h1-2,7-9,11,17,19H,3-6,10,12-16H2,(H,30,36)/t17-,19+,25+/m0/s1. The highest BCUT2D eigenvalue weighted by Gasteiger charge is 2.67. The topological polar surface area (TPSA) is 81.7 Å². The van der Waals surface area contributed by atoms with Gasteiger partial charge >= 0.3 is 6.18 Å². The number of nitrogens with zero attached hydrogens (tertiary/aromatic N) is 5. The minimum Gasteiger partial charge on any atom is -0.356 e. The molecular formula is C26H29F3N6O2. The Balaban J connectivity index is 1.35.